The highest BCUT2D eigenvalue weighted by atomic mass is 32.1. The Labute approximate surface area is 126 Å². The second-order valence-electron chi connectivity index (χ2n) is 4.74. The molecule has 3 rings (SSSR count). The maximum atomic E-state index is 11.0. The van der Waals surface area contributed by atoms with E-state index in [4.69, 9.17) is 5.21 Å². The molecular weight excluding hydrogens is 284 g/mol. The molecule has 0 unspecified atom stereocenters. The first-order valence-electron chi connectivity index (χ1n) is 6.63. The summed E-state index contributed by atoms with van der Waals surface area (Å²) in [5.74, 6) is -0.393. The van der Waals surface area contributed by atoms with Gasteiger partial charge >= 0.3 is 0 Å². The van der Waals surface area contributed by atoms with E-state index in [-0.39, 0.29) is 6.42 Å². The third kappa shape index (κ3) is 3.09. The zero-order valence-corrected chi connectivity index (χ0v) is 12.1. The summed E-state index contributed by atoms with van der Waals surface area (Å²) in [5, 5.41) is 13.8. The Hall–Kier alpha value is -2.24. The molecule has 0 fully saturated rings. The minimum atomic E-state index is -0.393. The highest BCUT2D eigenvalue weighted by Crippen LogP contribution is 2.27. The number of carbonyl (C=O) groups is 1. The van der Waals surface area contributed by atoms with E-state index in [0.717, 1.165) is 16.3 Å². The predicted molar refractivity (Wildman–Crippen MR) is 83.3 cm³/mol. The molecule has 0 saturated heterocycles. The van der Waals surface area contributed by atoms with Gasteiger partial charge in [0.2, 0.25) is 5.91 Å². The molecule has 0 aliphatic rings. The van der Waals surface area contributed by atoms with Crippen molar-refractivity contribution >= 4 is 28.0 Å². The Balaban J connectivity index is 1.82. The fourth-order valence-corrected chi connectivity index (χ4v) is 3.03. The number of nitrogens with zero attached hydrogens (tertiary/aromatic N) is 1. The third-order valence-corrected chi connectivity index (χ3v) is 4.22. The zero-order valence-electron chi connectivity index (χ0n) is 11.2. The van der Waals surface area contributed by atoms with Gasteiger partial charge in [-0.25, -0.2) is 10.5 Å². The Bertz CT molecular complexity index is 783. The van der Waals surface area contributed by atoms with Crippen molar-refractivity contribution in [1.82, 2.24) is 10.5 Å². The highest BCUT2D eigenvalue weighted by Gasteiger charge is 2.07. The summed E-state index contributed by atoms with van der Waals surface area (Å²) in [4.78, 5) is 15.6. The van der Waals surface area contributed by atoms with Crippen LogP contribution < -0.4 is 5.48 Å². The SMILES string of the molecule is O=C(CCc1csc(-c2ccc3ccccc3c2)n1)NO. The summed E-state index contributed by atoms with van der Waals surface area (Å²) >= 11 is 1.57. The van der Waals surface area contributed by atoms with Gasteiger partial charge in [-0.15, -0.1) is 11.3 Å². The van der Waals surface area contributed by atoms with Gasteiger partial charge < -0.3 is 0 Å². The van der Waals surface area contributed by atoms with Crippen LogP contribution in [0.5, 0.6) is 0 Å². The molecule has 106 valence electrons. The number of carbonyl (C=O) groups excluding carboxylic acids is 1. The number of amides is 1. The van der Waals surface area contributed by atoms with E-state index in [1.54, 1.807) is 16.8 Å². The Morgan fingerprint density at radius 1 is 1.19 bits per heavy atom. The minimum Gasteiger partial charge on any atom is -0.289 e. The van der Waals surface area contributed by atoms with Crippen LogP contribution in [0.1, 0.15) is 12.1 Å². The topological polar surface area (TPSA) is 62.2 Å². The number of hydrogen-bond donors (Lipinski definition) is 2. The molecule has 0 saturated carbocycles. The minimum absolute atomic E-state index is 0.234. The van der Waals surface area contributed by atoms with Gasteiger partial charge in [0.25, 0.3) is 0 Å². The first-order chi connectivity index (χ1) is 10.3. The van der Waals surface area contributed by atoms with Gasteiger partial charge in [0.05, 0.1) is 5.69 Å². The lowest BCUT2D eigenvalue weighted by Crippen LogP contribution is -2.18. The van der Waals surface area contributed by atoms with E-state index >= 15 is 0 Å². The smallest absolute Gasteiger partial charge is 0.243 e. The number of fused-ring (bicyclic) bond motifs is 1. The maximum absolute atomic E-state index is 11.0. The normalized spacial score (nSPS) is 10.7. The maximum Gasteiger partial charge on any atom is 0.243 e. The molecule has 2 N–H and O–H groups in total. The van der Waals surface area contributed by atoms with Crippen molar-refractivity contribution < 1.29 is 10.0 Å². The van der Waals surface area contributed by atoms with Crippen molar-refractivity contribution in [3.05, 3.63) is 53.5 Å². The monoisotopic (exact) mass is 298 g/mol. The van der Waals surface area contributed by atoms with E-state index in [1.807, 2.05) is 17.5 Å². The molecule has 0 spiro atoms. The molecule has 4 nitrogen and oxygen atoms in total. The fraction of sp³-hybridized carbons (Fsp3) is 0.125. The van der Waals surface area contributed by atoms with Crippen LogP contribution in [-0.4, -0.2) is 16.1 Å². The predicted octanol–water partition coefficient (Wildman–Crippen LogP) is 3.40. The average Bonchev–Trinajstić information content (AvgIpc) is 3.01. The number of benzene rings is 2. The summed E-state index contributed by atoms with van der Waals surface area (Å²) in [6.45, 7) is 0. The molecule has 0 radical (unpaired) electrons. The number of aryl methyl sites for hydroxylation is 1. The molecule has 0 aliphatic carbocycles. The second kappa shape index (κ2) is 6.03. The quantitative estimate of drug-likeness (QED) is 0.573. The first-order valence-corrected chi connectivity index (χ1v) is 7.51. The van der Waals surface area contributed by atoms with Gasteiger partial charge in [0.15, 0.2) is 0 Å². The van der Waals surface area contributed by atoms with Crippen LogP contribution in [0.15, 0.2) is 47.8 Å². The molecule has 0 bridgehead atoms. The Kier molecular flexibility index (Phi) is 3.94. The third-order valence-electron chi connectivity index (χ3n) is 3.28. The van der Waals surface area contributed by atoms with Crippen molar-refractivity contribution in [2.24, 2.45) is 0 Å². The summed E-state index contributed by atoms with van der Waals surface area (Å²) < 4.78 is 0. The molecule has 1 amide bonds. The van der Waals surface area contributed by atoms with Crippen LogP contribution in [0.25, 0.3) is 21.3 Å². The van der Waals surface area contributed by atoms with Gasteiger partial charge in [-0.3, -0.25) is 10.0 Å². The van der Waals surface area contributed by atoms with Gasteiger partial charge in [-0.05, 0) is 23.3 Å². The number of hydroxylamine groups is 1. The van der Waals surface area contributed by atoms with Crippen molar-refractivity contribution in [2.75, 3.05) is 0 Å². The van der Waals surface area contributed by atoms with Gasteiger partial charge in [-0.2, -0.15) is 0 Å². The molecule has 5 heteroatoms. The molecular formula is C16H14N2O2S. The fourth-order valence-electron chi connectivity index (χ4n) is 2.17. The van der Waals surface area contributed by atoms with E-state index in [0.29, 0.717) is 6.42 Å². The standard InChI is InChI=1S/C16H14N2O2S/c19-15(18-20)8-7-14-10-21-16(17-14)13-6-5-11-3-1-2-4-12(11)9-13/h1-6,9-10,20H,7-8H2,(H,18,19). The summed E-state index contributed by atoms with van der Waals surface area (Å²) in [6.07, 6.45) is 0.758. The molecule has 0 atom stereocenters. The molecule has 0 aliphatic heterocycles. The van der Waals surface area contributed by atoms with Gasteiger partial charge in [0, 0.05) is 17.4 Å². The molecule has 3 aromatic rings. The number of aromatic nitrogens is 1. The second-order valence-corrected chi connectivity index (χ2v) is 5.60. The van der Waals surface area contributed by atoms with E-state index < -0.39 is 5.91 Å². The van der Waals surface area contributed by atoms with Crippen LogP contribution >= 0.6 is 11.3 Å². The summed E-state index contributed by atoms with van der Waals surface area (Å²) in [6, 6.07) is 14.5. The number of rotatable bonds is 4. The van der Waals surface area contributed by atoms with Gasteiger partial charge in [0.1, 0.15) is 5.01 Å². The van der Waals surface area contributed by atoms with Crippen molar-refractivity contribution in [3.8, 4) is 10.6 Å². The van der Waals surface area contributed by atoms with Crippen molar-refractivity contribution in [2.45, 2.75) is 12.8 Å². The van der Waals surface area contributed by atoms with Crippen LogP contribution in [-0.2, 0) is 11.2 Å². The van der Waals surface area contributed by atoms with Gasteiger partial charge in [-0.1, -0.05) is 36.4 Å². The number of hydrogen-bond acceptors (Lipinski definition) is 4. The highest BCUT2D eigenvalue weighted by molar-refractivity contribution is 7.13. The summed E-state index contributed by atoms with van der Waals surface area (Å²) in [7, 11) is 0. The first kappa shape index (κ1) is 13.7. The van der Waals surface area contributed by atoms with Crippen LogP contribution in [0, 0.1) is 0 Å². The lowest BCUT2D eigenvalue weighted by Gasteiger charge is -2.00. The van der Waals surface area contributed by atoms with E-state index in [2.05, 4.69) is 35.3 Å². The molecule has 21 heavy (non-hydrogen) atoms. The lowest BCUT2D eigenvalue weighted by molar-refractivity contribution is -0.129. The largest absolute Gasteiger partial charge is 0.289 e. The Morgan fingerprint density at radius 3 is 2.81 bits per heavy atom. The summed E-state index contributed by atoms with van der Waals surface area (Å²) in [5.41, 5.74) is 3.58. The molecule has 1 aromatic heterocycles. The lowest BCUT2D eigenvalue weighted by atomic mass is 10.1. The molecule has 2 aromatic carbocycles. The van der Waals surface area contributed by atoms with E-state index in [1.165, 1.54) is 10.8 Å². The Morgan fingerprint density at radius 2 is 2.00 bits per heavy atom. The van der Waals surface area contributed by atoms with Crippen molar-refractivity contribution in [3.63, 3.8) is 0 Å². The van der Waals surface area contributed by atoms with E-state index in [9.17, 15) is 4.79 Å². The van der Waals surface area contributed by atoms with Crippen LogP contribution in [0.3, 0.4) is 0 Å². The molecule has 1 heterocycles. The van der Waals surface area contributed by atoms with Crippen LogP contribution in [0.4, 0.5) is 0 Å². The van der Waals surface area contributed by atoms with Crippen LogP contribution in [0.2, 0.25) is 0 Å². The van der Waals surface area contributed by atoms with Crippen molar-refractivity contribution in [1.29, 1.82) is 0 Å². The number of nitrogens with one attached hydrogen (secondary N) is 1. The average molecular weight is 298 g/mol. The number of thiazole rings is 1. The zero-order chi connectivity index (χ0) is 14.7.